The molecule has 3 heterocycles. The third kappa shape index (κ3) is 3.09. The molecule has 7 heteroatoms. The Morgan fingerprint density at radius 2 is 2.36 bits per heavy atom. The molecule has 0 fully saturated rings. The predicted molar refractivity (Wildman–Crippen MR) is 76.1 cm³/mol. The second-order valence-electron chi connectivity index (χ2n) is 4.99. The van der Waals surface area contributed by atoms with Crippen LogP contribution < -0.4 is 4.74 Å². The average Bonchev–Trinajstić information content (AvgIpc) is 2.96. The standard InChI is InChI=1S/C15H17N3O4/c1-20-10-15(19)18-7-5-13-11(8-18)12(17-22-13)9-21-14-4-2-3-6-16-14/h2-4,6H,5,7-10H2,1H3. The van der Waals surface area contributed by atoms with E-state index in [0.29, 0.717) is 31.1 Å². The largest absolute Gasteiger partial charge is 0.471 e. The highest BCUT2D eigenvalue weighted by Crippen LogP contribution is 2.23. The maximum absolute atomic E-state index is 11.9. The Bertz CT molecular complexity index is 641. The number of hydrogen-bond donors (Lipinski definition) is 0. The molecule has 2 aromatic heterocycles. The third-order valence-corrected chi connectivity index (χ3v) is 3.52. The van der Waals surface area contributed by atoms with Gasteiger partial charge in [-0.05, 0) is 6.07 Å². The van der Waals surface area contributed by atoms with Crippen LogP contribution >= 0.6 is 0 Å². The maximum Gasteiger partial charge on any atom is 0.248 e. The zero-order valence-corrected chi connectivity index (χ0v) is 12.3. The summed E-state index contributed by atoms with van der Waals surface area (Å²) in [5, 5.41) is 4.06. The number of aromatic nitrogens is 2. The Kier molecular flexibility index (Phi) is 4.34. The minimum absolute atomic E-state index is 0.0362. The number of carbonyl (C=O) groups is 1. The number of nitrogens with zero attached hydrogens (tertiary/aromatic N) is 3. The highest BCUT2D eigenvalue weighted by molar-refractivity contribution is 5.77. The molecule has 0 aromatic carbocycles. The minimum atomic E-state index is -0.0362. The second-order valence-corrected chi connectivity index (χ2v) is 4.99. The Balaban J connectivity index is 1.68. The van der Waals surface area contributed by atoms with Gasteiger partial charge >= 0.3 is 0 Å². The van der Waals surface area contributed by atoms with Gasteiger partial charge in [-0.15, -0.1) is 0 Å². The van der Waals surface area contributed by atoms with Gasteiger partial charge in [0.25, 0.3) is 0 Å². The number of fused-ring (bicyclic) bond motifs is 1. The maximum atomic E-state index is 11.9. The fraction of sp³-hybridized carbons (Fsp3) is 0.400. The van der Waals surface area contributed by atoms with Crippen LogP contribution in [0.5, 0.6) is 5.88 Å². The minimum Gasteiger partial charge on any atom is -0.471 e. The lowest BCUT2D eigenvalue weighted by molar-refractivity contribution is -0.136. The average molecular weight is 303 g/mol. The molecule has 0 bridgehead atoms. The van der Waals surface area contributed by atoms with Crippen LogP contribution in [0, 0.1) is 0 Å². The van der Waals surface area contributed by atoms with Crippen molar-refractivity contribution in [2.24, 2.45) is 0 Å². The Morgan fingerprint density at radius 3 is 3.14 bits per heavy atom. The summed E-state index contributed by atoms with van der Waals surface area (Å²) >= 11 is 0. The first-order valence-electron chi connectivity index (χ1n) is 7.04. The lowest BCUT2D eigenvalue weighted by Crippen LogP contribution is -2.38. The van der Waals surface area contributed by atoms with Crippen LogP contribution in [0.1, 0.15) is 17.0 Å². The summed E-state index contributed by atoms with van der Waals surface area (Å²) in [6.07, 6.45) is 2.32. The molecule has 0 spiro atoms. The number of rotatable bonds is 5. The summed E-state index contributed by atoms with van der Waals surface area (Å²) in [5.74, 6) is 1.31. The first-order valence-corrected chi connectivity index (χ1v) is 7.04. The van der Waals surface area contributed by atoms with E-state index in [2.05, 4.69) is 10.1 Å². The molecular weight excluding hydrogens is 286 g/mol. The number of methoxy groups -OCH3 is 1. The summed E-state index contributed by atoms with van der Waals surface area (Å²) in [7, 11) is 1.51. The molecule has 22 heavy (non-hydrogen) atoms. The van der Waals surface area contributed by atoms with E-state index in [-0.39, 0.29) is 19.1 Å². The van der Waals surface area contributed by atoms with Gasteiger partial charge < -0.3 is 18.9 Å². The summed E-state index contributed by atoms with van der Waals surface area (Å²) in [5.41, 5.74) is 1.63. The summed E-state index contributed by atoms with van der Waals surface area (Å²) in [4.78, 5) is 17.8. The molecule has 3 rings (SSSR count). The quantitative estimate of drug-likeness (QED) is 0.825. The molecule has 116 valence electrons. The number of hydrogen-bond acceptors (Lipinski definition) is 6. The van der Waals surface area contributed by atoms with Gasteiger partial charge in [0.15, 0.2) is 0 Å². The number of amides is 1. The van der Waals surface area contributed by atoms with E-state index in [1.165, 1.54) is 7.11 Å². The zero-order valence-electron chi connectivity index (χ0n) is 12.3. The molecule has 0 N–H and O–H groups in total. The van der Waals surface area contributed by atoms with Gasteiger partial charge in [-0.1, -0.05) is 11.2 Å². The first kappa shape index (κ1) is 14.5. The number of carbonyl (C=O) groups excluding carboxylic acids is 1. The Hall–Kier alpha value is -2.41. The molecule has 1 aliphatic heterocycles. The molecule has 0 unspecified atom stereocenters. The molecule has 0 saturated heterocycles. The highest BCUT2D eigenvalue weighted by atomic mass is 16.5. The summed E-state index contributed by atoms with van der Waals surface area (Å²) < 4.78 is 15.8. The molecule has 0 radical (unpaired) electrons. The normalized spacial score (nSPS) is 13.8. The summed E-state index contributed by atoms with van der Waals surface area (Å²) in [6.45, 7) is 1.44. The molecule has 0 atom stereocenters. The van der Waals surface area contributed by atoms with Crippen molar-refractivity contribution in [3.8, 4) is 5.88 Å². The molecule has 0 aliphatic carbocycles. The van der Waals surface area contributed by atoms with Crippen molar-refractivity contribution in [1.82, 2.24) is 15.0 Å². The lowest BCUT2D eigenvalue weighted by Gasteiger charge is -2.25. The lowest BCUT2D eigenvalue weighted by atomic mass is 10.1. The molecule has 7 nitrogen and oxygen atoms in total. The van der Waals surface area contributed by atoms with Crippen LogP contribution in [0.25, 0.3) is 0 Å². The predicted octanol–water partition coefficient (Wildman–Crippen LogP) is 1.18. The van der Waals surface area contributed by atoms with Crippen LogP contribution in [0.2, 0.25) is 0 Å². The molecule has 0 saturated carbocycles. The van der Waals surface area contributed by atoms with E-state index >= 15 is 0 Å². The van der Waals surface area contributed by atoms with Crippen molar-refractivity contribution in [3.63, 3.8) is 0 Å². The second kappa shape index (κ2) is 6.57. The van der Waals surface area contributed by atoms with E-state index in [1.54, 1.807) is 17.2 Å². The van der Waals surface area contributed by atoms with Crippen LogP contribution in [0.4, 0.5) is 0 Å². The van der Waals surface area contributed by atoms with Gasteiger partial charge in [0, 0.05) is 37.9 Å². The summed E-state index contributed by atoms with van der Waals surface area (Å²) in [6, 6.07) is 5.46. The topological polar surface area (TPSA) is 77.7 Å². The van der Waals surface area contributed by atoms with Crippen molar-refractivity contribution in [2.45, 2.75) is 19.6 Å². The molecular formula is C15H17N3O4. The zero-order chi connectivity index (χ0) is 15.4. The van der Waals surface area contributed by atoms with Gasteiger partial charge in [0.1, 0.15) is 24.7 Å². The molecule has 1 amide bonds. The Morgan fingerprint density at radius 1 is 1.45 bits per heavy atom. The van der Waals surface area contributed by atoms with Crippen molar-refractivity contribution in [1.29, 1.82) is 0 Å². The highest BCUT2D eigenvalue weighted by Gasteiger charge is 2.27. The Labute approximate surface area is 127 Å². The smallest absolute Gasteiger partial charge is 0.248 e. The number of pyridine rings is 1. The van der Waals surface area contributed by atoms with Crippen molar-refractivity contribution < 1.29 is 18.8 Å². The monoisotopic (exact) mass is 303 g/mol. The molecule has 2 aromatic rings. The van der Waals surface area contributed by atoms with E-state index in [9.17, 15) is 4.79 Å². The fourth-order valence-electron chi connectivity index (χ4n) is 2.38. The number of ether oxygens (including phenoxy) is 2. The fourth-order valence-corrected chi connectivity index (χ4v) is 2.38. The van der Waals surface area contributed by atoms with Crippen molar-refractivity contribution in [3.05, 3.63) is 41.4 Å². The SMILES string of the molecule is COCC(=O)N1CCc2onc(COc3ccccn3)c2C1. The molecule has 1 aliphatic rings. The van der Waals surface area contributed by atoms with Gasteiger partial charge in [0.05, 0.1) is 6.54 Å². The van der Waals surface area contributed by atoms with Crippen LogP contribution in [-0.2, 0) is 29.1 Å². The third-order valence-electron chi connectivity index (χ3n) is 3.52. The van der Waals surface area contributed by atoms with Gasteiger partial charge in [-0.25, -0.2) is 4.98 Å². The van der Waals surface area contributed by atoms with Crippen LogP contribution in [-0.4, -0.2) is 41.2 Å². The van der Waals surface area contributed by atoms with E-state index < -0.39 is 0 Å². The van der Waals surface area contributed by atoms with E-state index in [4.69, 9.17) is 14.0 Å². The van der Waals surface area contributed by atoms with Gasteiger partial charge in [0.2, 0.25) is 11.8 Å². The van der Waals surface area contributed by atoms with Crippen molar-refractivity contribution in [2.75, 3.05) is 20.3 Å². The van der Waals surface area contributed by atoms with E-state index in [1.807, 2.05) is 12.1 Å². The van der Waals surface area contributed by atoms with Gasteiger partial charge in [-0.3, -0.25) is 4.79 Å². The van der Waals surface area contributed by atoms with Crippen LogP contribution in [0.3, 0.4) is 0 Å². The van der Waals surface area contributed by atoms with E-state index in [0.717, 1.165) is 11.3 Å². The van der Waals surface area contributed by atoms with Gasteiger partial charge in [-0.2, -0.15) is 0 Å². The van der Waals surface area contributed by atoms with Crippen molar-refractivity contribution >= 4 is 5.91 Å². The van der Waals surface area contributed by atoms with Crippen LogP contribution in [0.15, 0.2) is 28.9 Å². The first-order chi connectivity index (χ1) is 10.8.